The van der Waals surface area contributed by atoms with E-state index in [-0.39, 0.29) is 32.5 Å². The topological polar surface area (TPSA) is 60.7 Å². The maximum atomic E-state index is 11.0. The van der Waals surface area contributed by atoms with Gasteiger partial charge in [-0.15, -0.1) is 0 Å². The molecule has 0 saturated carbocycles. The first kappa shape index (κ1) is 57.2. The SMILES string of the molecule is CC(C)(C)c1cc(CCCCCCCCc2cc(C(C)(C)C)c(O)c(C(C)(C)C)c2)cc(C(C)(C)C)c1O.CCCCC(CCCC)CCc1cc(C(C)(C)C)c(O)c(C(C)(C)C)c1. The number of phenolic OH excluding ortho intramolecular Hbond substituents is 3. The van der Waals surface area contributed by atoms with Crippen molar-refractivity contribution in [2.24, 2.45) is 5.92 Å². The lowest BCUT2D eigenvalue weighted by molar-refractivity contribution is 0.392. The third-order valence-electron chi connectivity index (χ3n) is 13.3. The Morgan fingerprint density at radius 3 is 0.750 bits per heavy atom. The van der Waals surface area contributed by atoms with Gasteiger partial charge >= 0.3 is 0 Å². The number of hydrogen-bond acceptors (Lipinski definition) is 3. The van der Waals surface area contributed by atoms with Crippen LogP contribution in [0.4, 0.5) is 0 Å². The van der Waals surface area contributed by atoms with Gasteiger partial charge in [0.15, 0.2) is 0 Å². The molecule has 64 heavy (non-hydrogen) atoms. The van der Waals surface area contributed by atoms with Crippen molar-refractivity contribution in [3.63, 3.8) is 0 Å². The number of rotatable bonds is 18. The second kappa shape index (κ2) is 23.7. The van der Waals surface area contributed by atoms with E-state index >= 15 is 0 Å². The summed E-state index contributed by atoms with van der Waals surface area (Å²) in [5.74, 6) is 2.31. The molecule has 3 aromatic rings. The van der Waals surface area contributed by atoms with Gasteiger partial charge in [0.1, 0.15) is 17.2 Å². The lowest BCUT2D eigenvalue weighted by Crippen LogP contribution is -2.18. The normalized spacial score (nSPS) is 13.1. The molecule has 0 bridgehead atoms. The quantitative estimate of drug-likeness (QED) is 0.112. The molecule has 0 heterocycles. The monoisotopic (exact) mass is 883 g/mol. The van der Waals surface area contributed by atoms with Crippen LogP contribution in [0.3, 0.4) is 0 Å². The molecule has 3 N–H and O–H groups in total. The summed E-state index contributed by atoms with van der Waals surface area (Å²) in [6.07, 6.45) is 20.0. The average Bonchev–Trinajstić information content (AvgIpc) is 3.14. The van der Waals surface area contributed by atoms with Gasteiger partial charge in [-0.2, -0.15) is 0 Å². The molecular weight excluding hydrogens is 781 g/mol. The summed E-state index contributed by atoms with van der Waals surface area (Å²) in [7, 11) is 0. The first-order chi connectivity index (χ1) is 29.2. The highest BCUT2D eigenvalue weighted by Gasteiger charge is 2.29. The summed E-state index contributed by atoms with van der Waals surface area (Å²) in [5, 5.41) is 32.8. The Bertz CT molecular complexity index is 1670. The maximum Gasteiger partial charge on any atom is 0.123 e. The molecule has 0 aromatic heterocycles. The van der Waals surface area contributed by atoms with Crippen molar-refractivity contribution in [3.8, 4) is 17.2 Å². The van der Waals surface area contributed by atoms with E-state index in [1.54, 1.807) is 0 Å². The van der Waals surface area contributed by atoms with E-state index in [9.17, 15) is 15.3 Å². The highest BCUT2D eigenvalue weighted by molar-refractivity contribution is 5.52. The summed E-state index contributed by atoms with van der Waals surface area (Å²) in [4.78, 5) is 0. The maximum absolute atomic E-state index is 11.0. The van der Waals surface area contributed by atoms with Crippen molar-refractivity contribution >= 4 is 0 Å². The van der Waals surface area contributed by atoms with Crippen molar-refractivity contribution in [2.45, 2.75) is 274 Å². The number of benzene rings is 3. The van der Waals surface area contributed by atoms with Gasteiger partial charge in [-0.05, 0) is 127 Å². The number of hydrogen-bond donors (Lipinski definition) is 3. The van der Waals surface area contributed by atoms with Gasteiger partial charge in [-0.3, -0.25) is 0 Å². The molecule has 0 amide bonds. The Balaban J connectivity index is 0.000000473. The van der Waals surface area contributed by atoms with Crippen LogP contribution in [-0.2, 0) is 51.8 Å². The molecular formula is C61H102O3. The Kier molecular flexibility index (Phi) is 21.2. The number of aromatic hydroxyl groups is 3. The van der Waals surface area contributed by atoms with E-state index < -0.39 is 0 Å². The van der Waals surface area contributed by atoms with Gasteiger partial charge in [0.05, 0.1) is 0 Å². The molecule has 0 saturated heterocycles. The molecule has 0 unspecified atom stereocenters. The highest BCUT2D eigenvalue weighted by atomic mass is 16.3. The molecule has 0 fully saturated rings. The second-order valence-electron chi connectivity index (χ2n) is 25.9. The lowest BCUT2D eigenvalue weighted by Gasteiger charge is -2.28. The first-order valence-corrected chi connectivity index (χ1v) is 25.8. The molecule has 3 rings (SSSR count). The summed E-state index contributed by atoms with van der Waals surface area (Å²) < 4.78 is 0. The molecule has 0 aliphatic heterocycles. The third-order valence-corrected chi connectivity index (χ3v) is 13.3. The number of aryl methyl sites for hydroxylation is 3. The first-order valence-electron chi connectivity index (χ1n) is 25.8. The zero-order valence-electron chi connectivity index (χ0n) is 45.7. The molecule has 0 atom stereocenters. The van der Waals surface area contributed by atoms with Gasteiger partial charge in [0.25, 0.3) is 0 Å². The van der Waals surface area contributed by atoms with E-state index in [1.807, 2.05) is 0 Å². The summed E-state index contributed by atoms with van der Waals surface area (Å²) in [6, 6.07) is 13.5. The van der Waals surface area contributed by atoms with Crippen LogP contribution in [0, 0.1) is 5.92 Å². The molecule has 0 aliphatic carbocycles. The predicted octanol–water partition coefficient (Wildman–Crippen LogP) is 18.3. The van der Waals surface area contributed by atoms with Crippen molar-refractivity contribution in [3.05, 3.63) is 86.5 Å². The molecule has 3 aromatic carbocycles. The van der Waals surface area contributed by atoms with Crippen molar-refractivity contribution in [1.29, 1.82) is 0 Å². The van der Waals surface area contributed by atoms with Crippen LogP contribution in [0.25, 0.3) is 0 Å². The van der Waals surface area contributed by atoms with Crippen molar-refractivity contribution in [1.82, 2.24) is 0 Å². The largest absolute Gasteiger partial charge is 0.507 e. The zero-order chi connectivity index (χ0) is 49.1. The molecule has 364 valence electrons. The van der Waals surface area contributed by atoms with Crippen LogP contribution in [0.2, 0.25) is 0 Å². The zero-order valence-corrected chi connectivity index (χ0v) is 45.7. The summed E-state index contributed by atoms with van der Waals surface area (Å²) >= 11 is 0. The van der Waals surface area contributed by atoms with Gasteiger partial charge < -0.3 is 15.3 Å². The minimum atomic E-state index is -0.0706. The lowest BCUT2D eigenvalue weighted by atomic mass is 9.77. The van der Waals surface area contributed by atoms with Crippen LogP contribution < -0.4 is 0 Å². The highest BCUT2D eigenvalue weighted by Crippen LogP contribution is 2.43. The average molecular weight is 883 g/mol. The van der Waals surface area contributed by atoms with Gasteiger partial charge in [0, 0.05) is 0 Å². The molecule has 0 spiro atoms. The van der Waals surface area contributed by atoms with Crippen LogP contribution in [0.5, 0.6) is 17.2 Å². The van der Waals surface area contributed by atoms with E-state index in [2.05, 4.69) is 175 Å². The van der Waals surface area contributed by atoms with E-state index in [0.29, 0.717) is 17.2 Å². The van der Waals surface area contributed by atoms with Gasteiger partial charge in [-0.25, -0.2) is 0 Å². The molecule has 3 nitrogen and oxygen atoms in total. The van der Waals surface area contributed by atoms with Crippen LogP contribution in [0.15, 0.2) is 36.4 Å². The van der Waals surface area contributed by atoms with Crippen molar-refractivity contribution in [2.75, 3.05) is 0 Å². The third kappa shape index (κ3) is 18.0. The van der Waals surface area contributed by atoms with Crippen LogP contribution in [0.1, 0.15) is 272 Å². The van der Waals surface area contributed by atoms with Crippen LogP contribution in [-0.4, -0.2) is 15.3 Å². The van der Waals surface area contributed by atoms with Crippen molar-refractivity contribution < 1.29 is 15.3 Å². The molecule has 0 radical (unpaired) electrons. The molecule has 0 aliphatic rings. The standard InChI is InChI=1S/C36H58O2.C25H44O/c1-33(2,3)27-21-25(22-28(31(27)37)34(4,5)6)19-17-15-13-14-16-18-20-26-23-29(35(7,8)9)32(38)30(24-26)36(10,11)12;1-9-11-13-19(14-12-10-2)15-16-20-17-21(24(3,4)5)23(26)22(18-20)25(6,7)8/h21-24,37-38H,13-20H2,1-12H3;17-19,26H,9-16H2,1-8H3. The Morgan fingerprint density at radius 2 is 0.531 bits per heavy atom. The fourth-order valence-electron chi connectivity index (χ4n) is 9.10. The number of unbranched alkanes of at least 4 members (excludes halogenated alkanes) is 7. The minimum Gasteiger partial charge on any atom is -0.507 e. The van der Waals surface area contributed by atoms with E-state index in [0.717, 1.165) is 58.6 Å². The van der Waals surface area contributed by atoms with Gasteiger partial charge in [-0.1, -0.05) is 239 Å². The fraction of sp³-hybridized carbons (Fsp3) is 0.705. The van der Waals surface area contributed by atoms with E-state index in [4.69, 9.17) is 0 Å². The predicted molar refractivity (Wildman–Crippen MR) is 282 cm³/mol. The van der Waals surface area contributed by atoms with E-state index in [1.165, 1.54) is 100 Å². The Labute approximate surface area is 397 Å². The summed E-state index contributed by atoms with van der Waals surface area (Å²) in [6.45, 7) is 44.0. The van der Waals surface area contributed by atoms with Crippen LogP contribution >= 0.6 is 0 Å². The fourth-order valence-corrected chi connectivity index (χ4v) is 9.10. The summed E-state index contributed by atoms with van der Waals surface area (Å²) in [5.41, 5.74) is 10.2. The Morgan fingerprint density at radius 1 is 0.312 bits per heavy atom. The van der Waals surface area contributed by atoms with Gasteiger partial charge in [0.2, 0.25) is 0 Å². The number of phenols is 3. The second-order valence-corrected chi connectivity index (χ2v) is 25.9. The minimum absolute atomic E-state index is 0.0378. The molecule has 3 heteroatoms. The Hall–Kier alpha value is -2.94. The smallest absolute Gasteiger partial charge is 0.123 e.